The Morgan fingerprint density at radius 2 is 0.308 bits per heavy atom. The summed E-state index contributed by atoms with van der Waals surface area (Å²) in [6.07, 6.45) is 0. The number of hydrogen-bond donors (Lipinski definition) is 0. The maximum Gasteiger partial charge on any atom is 0.230 e. The molecule has 1 nitrogen and oxygen atoms in total. The first-order valence-corrected chi connectivity index (χ1v) is 24.5. The van der Waals surface area contributed by atoms with Gasteiger partial charge in [0.15, 0.2) is 0 Å². The number of hydrogen-bond acceptors (Lipinski definition) is 1. The van der Waals surface area contributed by atoms with E-state index in [-0.39, 0.29) is 5.24 Å². The Hall–Kier alpha value is -7.58. The van der Waals surface area contributed by atoms with Gasteiger partial charge in [-0.3, -0.25) is 4.79 Å². The summed E-state index contributed by atoms with van der Waals surface area (Å²) in [5.41, 5.74) is 4.20. The maximum atomic E-state index is 15.6. The highest BCUT2D eigenvalue weighted by Crippen LogP contribution is 2.96. The highest BCUT2D eigenvalue weighted by atomic mass is 35.5. The summed E-state index contributed by atoms with van der Waals surface area (Å²) in [5.74, 6) is 0. The number of halogens is 1. The van der Waals surface area contributed by atoms with Crippen LogP contribution >= 0.6 is 11.6 Å². The van der Waals surface area contributed by atoms with Crippen LogP contribution in [0.1, 0.15) is 29.2 Å². The lowest BCUT2D eigenvalue weighted by atomic mass is 9.68. The summed E-state index contributed by atoms with van der Waals surface area (Å²) in [4.78, 5) is 15.6. The Labute approximate surface area is 356 Å². The zero-order valence-corrected chi connectivity index (χ0v) is 33.5. The van der Waals surface area contributed by atoms with Gasteiger partial charge in [0.2, 0.25) is 5.24 Å². The molecule has 33 rings (SSSR count). The minimum Gasteiger partial charge on any atom is -0.281 e. The second kappa shape index (κ2) is 4.93. The van der Waals surface area contributed by atoms with Crippen LogP contribution in [-0.4, -0.2) is 5.24 Å². The van der Waals surface area contributed by atoms with Crippen molar-refractivity contribution in [3.63, 3.8) is 0 Å². The van der Waals surface area contributed by atoms with Gasteiger partial charge < -0.3 is 0 Å². The van der Waals surface area contributed by atoms with Crippen LogP contribution in [0.3, 0.4) is 0 Å². The molecule has 5 aliphatic carbocycles. The Balaban J connectivity index is 1.28. The van der Waals surface area contributed by atoms with Gasteiger partial charge in [-0.2, -0.15) is 0 Å². The molecule has 0 unspecified atom stereocenters. The molecule has 5 aliphatic rings. The normalized spacial score (nSPS) is 25.3. The summed E-state index contributed by atoms with van der Waals surface area (Å²) < 4.78 is 0. The van der Waals surface area contributed by atoms with Crippen LogP contribution in [0.25, 0.3) is 291 Å². The molecule has 28 aromatic carbocycles. The topological polar surface area (TPSA) is 17.1 Å². The zero-order chi connectivity index (χ0) is 38.6. The quantitative estimate of drug-likeness (QED) is 0.119. The molecule has 1 saturated carbocycles. The van der Waals surface area contributed by atoms with Gasteiger partial charge in [-0.15, -0.1) is 0 Å². The predicted molar refractivity (Wildman–Crippen MR) is 273 cm³/mol. The van der Waals surface area contributed by atoms with Crippen LogP contribution in [0.2, 0.25) is 0 Å². The molecule has 0 aromatic heterocycles. The molecule has 0 bridgehead atoms. The Bertz CT molecular complexity index is 6530. The number of carbonyl (C=O) groups excluding carboxylic acids is 1. The van der Waals surface area contributed by atoms with Crippen molar-refractivity contribution in [2.45, 2.75) is 17.8 Å². The monoisotopic (exact) mass is 810 g/mol. The van der Waals surface area contributed by atoms with Gasteiger partial charge in [0.1, 0.15) is 0 Å². The van der Waals surface area contributed by atoms with E-state index in [9.17, 15) is 0 Å². The van der Waals surface area contributed by atoms with Crippen molar-refractivity contribution in [3.05, 3.63) is 22.3 Å². The molecular formula is C63H3ClO. The standard InChI is InChI=1S/C63H3ClO/c1-61(60(64)65)62-56-48-40-30-20-12-4-2-3-6-10-8(4)16-24-18(10)28-22-14(6)15-7(3)11-9-5(2)13(12)21-27-17(9)25-19(11)29-23(15)33-32(22)42-36(28)46-38(24)44(34(40)26(16)20)52(56)54(46)58-50(42)51-43(33)37(29)47-39(25)45-35(27)41(31(21)30)49(48)57(62)53(45)55(47)59(51)63(58,61)62/h1H3. The summed E-state index contributed by atoms with van der Waals surface area (Å²) in [7, 11) is 0. The number of benzene rings is 18. The van der Waals surface area contributed by atoms with Gasteiger partial charge >= 0.3 is 0 Å². The third kappa shape index (κ3) is 1.11. The van der Waals surface area contributed by atoms with Crippen molar-refractivity contribution >= 4 is 308 Å². The SMILES string of the molecule is CC1(C(=O)Cl)C23c4c5c6c7c8c9c(c%10c%11c2c2c4c4c%12c5c5c6c6c8c8c%13c9c9c%10c%10c%11c%11c2c2c4c4c%12c%12c5c5c6c8c6c8c%13c9c9c%10c%10c%11c2c2c4c4c%12c5c6c5c8c9c%10c2c45)C713. The average Bonchev–Trinajstić information content (AvgIpc) is 4.15. The van der Waals surface area contributed by atoms with E-state index in [1.807, 2.05) is 0 Å². The zero-order valence-electron chi connectivity index (χ0n) is 32.8. The van der Waals surface area contributed by atoms with E-state index in [0.717, 1.165) is 0 Å². The van der Waals surface area contributed by atoms with Crippen LogP contribution < -0.4 is 0 Å². The molecule has 65 heavy (non-hydrogen) atoms. The van der Waals surface area contributed by atoms with E-state index in [1.54, 1.807) is 248 Å². The van der Waals surface area contributed by atoms with Gasteiger partial charge in [-0.1, -0.05) is 0 Å². The van der Waals surface area contributed by atoms with Gasteiger partial charge in [0.05, 0.1) is 16.2 Å². The summed E-state index contributed by atoms with van der Waals surface area (Å²) in [6, 6.07) is 0. The molecule has 0 atom stereocenters. The lowest BCUT2D eigenvalue weighted by molar-refractivity contribution is -0.116. The van der Waals surface area contributed by atoms with Crippen molar-refractivity contribution in [2.75, 3.05) is 0 Å². The predicted octanol–water partition coefficient (Wildman–Crippen LogP) is 17.1. The molecule has 0 heterocycles. The third-order valence-corrected chi connectivity index (χ3v) is 25.5. The molecule has 1 fully saturated rings. The van der Waals surface area contributed by atoms with Crippen molar-refractivity contribution < 1.29 is 4.79 Å². The Kier molecular flexibility index (Phi) is 1.77. The highest BCUT2D eigenvalue weighted by molar-refractivity contribution is 6.82. The summed E-state index contributed by atoms with van der Waals surface area (Å²) in [6.45, 7) is 2.40. The third-order valence-electron chi connectivity index (χ3n) is 25.1. The maximum absolute atomic E-state index is 15.6. The lowest BCUT2D eigenvalue weighted by Gasteiger charge is -2.32. The molecule has 0 radical (unpaired) electrons. The van der Waals surface area contributed by atoms with Gasteiger partial charge in [-0.25, -0.2) is 0 Å². The van der Waals surface area contributed by atoms with Crippen molar-refractivity contribution in [3.8, 4) is 0 Å². The first-order valence-electron chi connectivity index (χ1n) is 24.1. The minimum atomic E-state index is -0.828. The van der Waals surface area contributed by atoms with Gasteiger partial charge in [0.25, 0.3) is 0 Å². The molecular weight excluding hydrogens is 808 g/mol. The first kappa shape index (κ1) is 23.4. The fraction of sp³-hybridized carbons (Fsp3) is 0.0635. The van der Waals surface area contributed by atoms with Gasteiger partial charge in [-0.05, 0) is 332 Å². The summed E-state index contributed by atoms with van der Waals surface area (Å²) >= 11 is 7.62. The Morgan fingerprint density at radius 3 is 0.400 bits per heavy atom. The average molecular weight is 811 g/mol. The molecule has 0 aliphatic heterocycles. The second-order valence-corrected chi connectivity index (χ2v) is 25.0. The molecule has 268 valence electrons. The largest absolute Gasteiger partial charge is 0.281 e. The smallest absolute Gasteiger partial charge is 0.230 e. The van der Waals surface area contributed by atoms with E-state index in [1.165, 1.54) is 65.3 Å². The molecule has 2 heteroatoms. The van der Waals surface area contributed by atoms with Crippen LogP contribution in [0, 0.1) is 5.41 Å². The first-order chi connectivity index (χ1) is 32.2. The fourth-order valence-electron chi connectivity index (χ4n) is 25.3. The van der Waals surface area contributed by atoms with Crippen LogP contribution in [0.4, 0.5) is 0 Å². The van der Waals surface area contributed by atoms with Gasteiger partial charge in [0, 0.05) is 0 Å². The Morgan fingerprint density at radius 1 is 0.215 bits per heavy atom. The molecule has 0 N–H and O–H groups in total. The number of rotatable bonds is 1. The number of carbonyl (C=O) groups is 1. The fourth-order valence-corrected chi connectivity index (χ4v) is 25.5. The van der Waals surface area contributed by atoms with Crippen molar-refractivity contribution in [2.24, 2.45) is 5.41 Å². The van der Waals surface area contributed by atoms with Crippen LogP contribution in [-0.2, 0) is 15.6 Å². The van der Waals surface area contributed by atoms with E-state index in [4.69, 9.17) is 11.6 Å². The second-order valence-electron chi connectivity index (χ2n) is 24.6. The summed E-state index contributed by atoms with van der Waals surface area (Å²) in [5, 5.41) is 85.4. The van der Waals surface area contributed by atoms with Crippen molar-refractivity contribution in [1.29, 1.82) is 0 Å². The van der Waals surface area contributed by atoms with E-state index < -0.39 is 16.2 Å². The lowest BCUT2D eigenvalue weighted by Crippen LogP contribution is -2.27. The van der Waals surface area contributed by atoms with E-state index in [2.05, 4.69) is 6.92 Å². The molecule has 2 spiro atoms. The van der Waals surface area contributed by atoms with Crippen LogP contribution in [0.5, 0.6) is 0 Å². The highest BCUT2D eigenvalue weighted by Gasteiger charge is 2.95. The van der Waals surface area contributed by atoms with Crippen LogP contribution in [0.15, 0.2) is 0 Å². The van der Waals surface area contributed by atoms with E-state index in [0.29, 0.717) is 0 Å². The van der Waals surface area contributed by atoms with Crippen molar-refractivity contribution in [1.82, 2.24) is 0 Å². The minimum absolute atomic E-state index is 0.118. The molecule has 0 amide bonds. The molecule has 28 aromatic rings. The molecule has 0 saturated heterocycles. The van der Waals surface area contributed by atoms with E-state index >= 15 is 4.79 Å².